The molecule has 50 valence electrons. The van der Waals surface area contributed by atoms with Gasteiger partial charge in [0.05, 0.1) is 5.60 Å². The molecule has 0 spiro atoms. The van der Waals surface area contributed by atoms with Crippen molar-refractivity contribution in [3.63, 3.8) is 0 Å². The highest BCUT2D eigenvalue weighted by Crippen LogP contribution is 2.45. The lowest BCUT2D eigenvalue weighted by atomic mass is 9.91. The maximum Gasteiger partial charge on any atom is 0.211 e. The van der Waals surface area contributed by atoms with E-state index in [1.807, 2.05) is 6.92 Å². The van der Waals surface area contributed by atoms with Crippen molar-refractivity contribution in [2.45, 2.75) is 25.4 Å². The van der Waals surface area contributed by atoms with Gasteiger partial charge in [-0.05, 0) is 25.7 Å². The van der Waals surface area contributed by atoms with Crippen molar-refractivity contribution in [2.24, 2.45) is 11.8 Å². The van der Waals surface area contributed by atoms with E-state index in [-0.39, 0.29) is 5.60 Å². The van der Waals surface area contributed by atoms with Crippen molar-refractivity contribution in [2.75, 3.05) is 0 Å². The van der Waals surface area contributed by atoms with Gasteiger partial charge in [0.25, 0.3) is 0 Å². The first-order chi connectivity index (χ1) is 4.74. The topological polar surface area (TPSA) is 20.2 Å². The van der Waals surface area contributed by atoms with Crippen LogP contribution in [0.1, 0.15) is 19.8 Å². The van der Waals surface area contributed by atoms with E-state index >= 15 is 0 Å². The lowest BCUT2D eigenvalue weighted by Crippen LogP contribution is -2.28. The molecule has 3 atom stereocenters. The number of allylic oxidation sites excluding steroid dienone is 1. The molecule has 2 rings (SSSR count). The van der Waals surface area contributed by atoms with Crippen LogP contribution in [0.4, 0.5) is 0 Å². The molecule has 0 radical (unpaired) electrons. The average Bonchev–Trinajstić information content (AvgIpc) is 2.46. The highest BCUT2D eigenvalue weighted by molar-refractivity contribution is 5.15. The molecule has 0 heterocycles. The van der Waals surface area contributed by atoms with Crippen LogP contribution < -0.4 is 0 Å². The lowest BCUT2D eigenvalue weighted by molar-refractivity contribution is 0.0344. The van der Waals surface area contributed by atoms with Crippen LogP contribution in [-0.4, -0.2) is 12.1 Å². The summed E-state index contributed by atoms with van der Waals surface area (Å²) >= 11 is 0. The van der Waals surface area contributed by atoms with Gasteiger partial charge in [-0.1, -0.05) is 12.2 Å². The van der Waals surface area contributed by atoms with Crippen LogP contribution in [0.25, 0.3) is 0 Å². The van der Waals surface area contributed by atoms with Crippen molar-refractivity contribution in [1.82, 2.24) is 0 Å². The Kier molecular flexibility index (Phi) is 0.702. The van der Waals surface area contributed by atoms with Gasteiger partial charge in [0.15, 0.2) is 0 Å². The van der Waals surface area contributed by atoms with Gasteiger partial charge in [-0.3, -0.25) is 0 Å². The Balaban J connectivity index is 2.22. The molecule has 1 heteroatoms. The highest BCUT2D eigenvalue weighted by atomic mass is 16.3. The molecule has 3 unspecified atom stereocenters. The Morgan fingerprint density at radius 3 is 3.00 bits per heavy atom. The average molecular weight is 125 g/mol. The summed E-state index contributed by atoms with van der Waals surface area (Å²) in [5.74, 6) is 1.20. The van der Waals surface area contributed by atoms with E-state index in [0.717, 1.165) is 6.42 Å². The van der Waals surface area contributed by atoms with Crippen LogP contribution in [0.2, 0.25) is 0 Å². The Labute approximate surface area is 56.9 Å². The van der Waals surface area contributed by atoms with Gasteiger partial charge in [0, 0.05) is 5.92 Å². The zero-order valence-electron chi connectivity index (χ0n) is 6.63. The molecule has 2 bridgehead atoms. The maximum absolute atomic E-state index is 6.92. The van der Waals surface area contributed by atoms with Crippen molar-refractivity contribution in [3.05, 3.63) is 12.2 Å². The first kappa shape index (κ1) is 4.51. The molecule has 0 aliphatic heterocycles. The van der Waals surface area contributed by atoms with Crippen LogP contribution in [0, 0.1) is 11.8 Å². The van der Waals surface area contributed by atoms with Crippen LogP contribution in [0.5, 0.6) is 0 Å². The van der Waals surface area contributed by atoms with Gasteiger partial charge in [-0.15, -0.1) is 0 Å². The summed E-state index contributed by atoms with van der Waals surface area (Å²) in [5, 5.41) is 4.73. The third kappa shape index (κ3) is 0.645. The summed E-state index contributed by atoms with van der Waals surface area (Å²) in [6.45, 7) is 2.04. The van der Waals surface area contributed by atoms with E-state index < -0.39 is 0 Å². The fourth-order valence-corrected chi connectivity index (χ4v) is 2.05. The Hall–Kier alpha value is -0.300. The minimum atomic E-state index is -0.167. The zero-order chi connectivity index (χ0) is 7.19. The van der Waals surface area contributed by atoms with Crippen LogP contribution in [-0.2, 0) is 0 Å². The quantitative estimate of drug-likeness (QED) is 0.524. The van der Waals surface area contributed by atoms with Gasteiger partial charge in [-0.25, -0.2) is 0 Å². The van der Waals surface area contributed by atoms with Crippen LogP contribution >= 0.6 is 0 Å². The third-order valence-corrected chi connectivity index (χ3v) is 2.62. The van der Waals surface area contributed by atoms with Gasteiger partial charge >= 0.3 is 0 Å². The van der Waals surface area contributed by atoms with E-state index in [1.54, 1.807) is 0 Å². The molecule has 0 saturated heterocycles. The Morgan fingerprint density at radius 1 is 1.78 bits per heavy atom. The molecular weight excluding hydrogens is 112 g/mol. The van der Waals surface area contributed by atoms with Crippen molar-refractivity contribution >= 4 is 0 Å². The number of rotatable bonds is 1. The normalized spacial score (nSPS) is 56.3. The molecule has 0 amide bonds. The molecule has 9 heavy (non-hydrogen) atoms. The Morgan fingerprint density at radius 2 is 2.67 bits per heavy atom. The molecule has 1 nitrogen and oxygen atoms in total. The third-order valence-electron chi connectivity index (χ3n) is 2.62. The van der Waals surface area contributed by atoms with Crippen LogP contribution in [0.15, 0.2) is 12.2 Å². The highest BCUT2D eigenvalue weighted by Gasteiger charge is 2.43. The number of aliphatic hydroxyl groups is 1. The SMILES string of the molecule is [2H]OC1(C)CC2C=CC1C2. The van der Waals surface area contributed by atoms with E-state index in [0.29, 0.717) is 11.8 Å². The molecule has 1 saturated carbocycles. The van der Waals surface area contributed by atoms with Gasteiger partial charge in [-0.2, -0.15) is 0 Å². The summed E-state index contributed by atoms with van der Waals surface area (Å²) in [6, 6.07) is 0. The van der Waals surface area contributed by atoms with Crippen LogP contribution in [0.3, 0.4) is 0 Å². The summed E-state index contributed by atoms with van der Waals surface area (Å²) < 4.78 is 6.92. The molecule has 0 aromatic carbocycles. The second-order valence-electron chi connectivity index (χ2n) is 3.50. The molecule has 0 aromatic rings. The molecule has 1 fully saturated rings. The van der Waals surface area contributed by atoms with E-state index in [4.69, 9.17) is 6.54 Å². The molecule has 0 aromatic heterocycles. The minimum absolute atomic E-state index is 0.167. The predicted molar refractivity (Wildman–Crippen MR) is 36.0 cm³/mol. The standard InChI is InChI=1S/C8H12O/c1-8(9)5-6-2-3-7(8)4-6/h2-3,6-7,9H,4-5H2,1H3/i9D. The monoisotopic (exact) mass is 125 g/mol. The summed E-state index contributed by atoms with van der Waals surface area (Å²) in [7, 11) is 0. The second-order valence-corrected chi connectivity index (χ2v) is 3.50. The first-order valence-corrected chi connectivity index (χ1v) is 3.57. The number of hydrogen-bond acceptors (Lipinski definition) is 1. The fraction of sp³-hybridized carbons (Fsp3) is 0.750. The summed E-state index contributed by atoms with van der Waals surface area (Å²) in [5.41, 5.74) is -0.167. The van der Waals surface area contributed by atoms with Gasteiger partial charge in [0.2, 0.25) is 1.43 Å². The molecule has 1 N–H and O–H groups in total. The predicted octanol–water partition coefficient (Wildman–Crippen LogP) is 1.33. The minimum Gasteiger partial charge on any atom is -0.390 e. The van der Waals surface area contributed by atoms with Gasteiger partial charge in [0.1, 0.15) is 0 Å². The number of hydrogen-bond donors (Lipinski definition) is 1. The number of fused-ring (bicyclic) bond motifs is 2. The van der Waals surface area contributed by atoms with E-state index in [9.17, 15) is 0 Å². The van der Waals surface area contributed by atoms with Crippen molar-refractivity contribution in [1.29, 1.82) is 1.43 Å². The van der Waals surface area contributed by atoms with E-state index in [1.165, 1.54) is 6.42 Å². The maximum atomic E-state index is 6.92. The summed E-state index contributed by atoms with van der Waals surface area (Å²) in [4.78, 5) is 0. The lowest BCUT2D eigenvalue weighted by Gasteiger charge is -2.24. The second kappa shape index (κ2) is 1.40. The Bertz CT molecular complexity index is 178. The van der Waals surface area contributed by atoms with Gasteiger partial charge < -0.3 is 5.11 Å². The van der Waals surface area contributed by atoms with Crippen molar-refractivity contribution < 1.29 is 5.11 Å². The van der Waals surface area contributed by atoms with Crippen molar-refractivity contribution in [3.8, 4) is 0 Å². The van der Waals surface area contributed by atoms with E-state index in [2.05, 4.69) is 12.2 Å². The summed E-state index contributed by atoms with van der Waals surface area (Å²) in [6.07, 6.45) is 6.70. The smallest absolute Gasteiger partial charge is 0.211 e. The first-order valence-electron chi connectivity index (χ1n) is 3.98. The molecule has 2 aliphatic carbocycles. The molecule has 2 aliphatic rings. The molecular formula is C8H12O. The zero-order valence-corrected chi connectivity index (χ0v) is 5.63. The largest absolute Gasteiger partial charge is 0.390 e. The fourth-order valence-electron chi connectivity index (χ4n) is 2.05.